The first-order valence-electron chi connectivity index (χ1n) is 5.43. The maximum Gasteiger partial charge on any atom is 0.127 e. The van der Waals surface area contributed by atoms with Gasteiger partial charge in [0.2, 0.25) is 0 Å². The van der Waals surface area contributed by atoms with Crippen LogP contribution in [0.15, 0.2) is 18.2 Å². The van der Waals surface area contributed by atoms with Crippen LogP contribution in [0.3, 0.4) is 0 Å². The van der Waals surface area contributed by atoms with Gasteiger partial charge in [0, 0.05) is 25.2 Å². The second-order valence-corrected chi connectivity index (χ2v) is 4.22. The molecule has 0 N–H and O–H groups in total. The largest absolute Gasteiger partial charge is 0.379 e. The molecule has 0 spiro atoms. The second kappa shape index (κ2) is 5.62. The first-order valence-corrected chi connectivity index (χ1v) is 5.96. The zero-order valence-electron chi connectivity index (χ0n) is 9.09. The highest BCUT2D eigenvalue weighted by Gasteiger charge is 2.11. The Morgan fingerprint density at radius 3 is 2.75 bits per heavy atom. The third-order valence-electron chi connectivity index (χ3n) is 2.76. The molecular weight excluding hydrogens is 229 g/mol. The van der Waals surface area contributed by atoms with Crippen molar-refractivity contribution in [1.82, 2.24) is 4.90 Å². The number of halogens is 2. The summed E-state index contributed by atoms with van der Waals surface area (Å²) in [5, 5.41) is 0. The summed E-state index contributed by atoms with van der Waals surface area (Å²) in [6.45, 7) is 4.28. The van der Waals surface area contributed by atoms with Gasteiger partial charge in [-0.15, -0.1) is 11.6 Å². The Bertz CT molecular complexity index is 353. The number of morpholine rings is 1. The summed E-state index contributed by atoms with van der Waals surface area (Å²) in [6, 6.07) is 5.16. The predicted octanol–water partition coefficient (Wildman–Crippen LogP) is 2.40. The summed E-state index contributed by atoms with van der Waals surface area (Å²) in [6.07, 6.45) is 0. The van der Waals surface area contributed by atoms with E-state index < -0.39 is 0 Å². The van der Waals surface area contributed by atoms with Crippen LogP contribution < -0.4 is 0 Å². The Balaban J connectivity index is 2.03. The van der Waals surface area contributed by atoms with E-state index in [1.54, 1.807) is 0 Å². The molecule has 0 bridgehead atoms. The molecule has 0 radical (unpaired) electrons. The molecule has 4 heteroatoms. The molecule has 0 atom stereocenters. The number of rotatable bonds is 3. The van der Waals surface area contributed by atoms with Crippen LogP contribution in [-0.2, 0) is 17.2 Å². The molecule has 1 aromatic rings. The van der Waals surface area contributed by atoms with Crippen molar-refractivity contribution in [2.75, 3.05) is 26.3 Å². The fraction of sp³-hybridized carbons (Fsp3) is 0.500. The van der Waals surface area contributed by atoms with Crippen molar-refractivity contribution in [3.05, 3.63) is 35.1 Å². The highest BCUT2D eigenvalue weighted by atomic mass is 35.5. The summed E-state index contributed by atoms with van der Waals surface area (Å²) >= 11 is 5.67. The zero-order chi connectivity index (χ0) is 11.4. The number of ether oxygens (including phenoxy) is 1. The molecule has 1 aliphatic rings. The smallest absolute Gasteiger partial charge is 0.127 e. The standard InChI is InChI=1S/C12H15ClFNO/c13-8-11-7-10(1-2-12(11)14)9-15-3-5-16-6-4-15/h1-2,7H,3-6,8-9H2. The van der Waals surface area contributed by atoms with E-state index in [-0.39, 0.29) is 11.7 Å². The van der Waals surface area contributed by atoms with Crippen LogP contribution in [-0.4, -0.2) is 31.2 Å². The average molecular weight is 244 g/mol. The van der Waals surface area contributed by atoms with Crippen LogP contribution >= 0.6 is 11.6 Å². The lowest BCUT2D eigenvalue weighted by molar-refractivity contribution is 0.0342. The third kappa shape index (κ3) is 2.94. The van der Waals surface area contributed by atoms with Crippen molar-refractivity contribution in [2.24, 2.45) is 0 Å². The second-order valence-electron chi connectivity index (χ2n) is 3.95. The summed E-state index contributed by atoms with van der Waals surface area (Å²) in [5.41, 5.74) is 1.69. The Morgan fingerprint density at radius 2 is 2.06 bits per heavy atom. The van der Waals surface area contributed by atoms with Gasteiger partial charge in [0.05, 0.1) is 19.1 Å². The van der Waals surface area contributed by atoms with Gasteiger partial charge < -0.3 is 4.74 Å². The van der Waals surface area contributed by atoms with E-state index in [4.69, 9.17) is 16.3 Å². The number of benzene rings is 1. The van der Waals surface area contributed by atoms with Crippen molar-refractivity contribution in [3.8, 4) is 0 Å². The van der Waals surface area contributed by atoms with E-state index in [2.05, 4.69) is 4.90 Å². The van der Waals surface area contributed by atoms with Crippen LogP contribution in [0, 0.1) is 5.82 Å². The molecule has 88 valence electrons. The molecule has 0 amide bonds. The van der Waals surface area contributed by atoms with Crippen LogP contribution in [0.5, 0.6) is 0 Å². The molecule has 1 heterocycles. The average Bonchev–Trinajstić information content (AvgIpc) is 2.33. The molecule has 0 unspecified atom stereocenters. The van der Waals surface area contributed by atoms with E-state index >= 15 is 0 Å². The van der Waals surface area contributed by atoms with Crippen molar-refractivity contribution in [1.29, 1.82) is 0 Å². The van der Waals surface area contributed by atoms with Gasteiger partial charge in [0.15, 0.2) is 0 Å². The highest BCUT2D eigenvalue weighted by Crippen LogP contribution is 2.15. The van der Waals surface area contributed by atoms with Crippen molar-refractivity contribution < 1.29 is 9.13 Å². The molecule has 0 aliphatic carbocycles. The zero-order valence-corrected chi connectivity index (χ0v) is 9.84. The van der Waals surface area contributed by atoms with Gasteiger partial charge >= 0.3 is 0 Å². The summed E-state index contributed by atoms with van der Waals surface area (Å²) in [5.74, 6) is 0.00344. The first kappa shape index (κ1) is 11.8. The Labute approximate surface area is 100.0 Å². The van der Waals surface area contributed by atoms with Gasteiger partial charge in [-0.1, -0.05) is 12.1 Å². The van der Waals surface area contributed by atoms with Gasteiger partial charge in [0.1, 0.15) is 5.82 Å². The fourth-order valence-electron chi connectivity index (χ4n) is 1.85. The van der Waals surface area contributed by atoms with Crippen molar-refractivity contribution >= 4 is 11.6 Å². The van der Waals surface area contributed by atoms with Crippen LogP contribution in [0.2, 0.25) is 0 Å². The van der Waals surface area contributed by atoms with Crippen molar-refractivity contribution in [3.63, 3.8) is 0 Å². The first-order chi connectivity index (χ1) is 7.79. The molecule has 1 aliphatic heterocycles. The summed E-state index contributed by atoms with van der Waals surface area (Å²) in [4.78, 5) is 2.30. The number of alkyl halides is 1. The van der Waals surface area contributed by atoms with Gasteiger partial charge in [-0.2, -0.15) is 0 Å². The maximum absolute atomic E-state index is 13.2. The Kier molecular flexibility index (Phi) is 4.16. The van der Waals surface area contributed by atoms with E-state index in [0.717, 1.165) is 38.4 Å². The minimum absolute atomic E-state index is 0.222. The molecule has 16 heavy (non-hydrogen) atoms. The SMILES string of the molecule is Fc1ccc(CN2CCOCC2)cc1CCl. The lowest BCUT2D eigenvalue weighted by atomic mass is 10.1. The number of hydrogen-bond donors (Lipinski definition) is 0. The molecule has 2 nitrogen and oxygen atoms in total. The van der Waals surface area contributed by atoms with E-state index in [0.29, 0.717) is 5.56 Å². The number of hydrogen-bond acceptors (Lipinski definition) is 2. The summed E-state index contributed by atoms with van der Waals surface area (Å²) in [7, 11) is 0. The molecule has 2 rings (SSSR count). The lowest BCUT2D eigenvalue weighted by Gasteiger charge is -2.26. The molecular formula is C12H15ClFNO. The lowest BCUT2D eigenvalue weighted by Crippen LogP contribution is -2.35. The molecule has 0 saturated carbocycles. The maximum atomic E-state index is 13.2. The van der Waals surface area contributed by atoms with Gasteiger partial charge in [-0.25, -0.2) is 4.39 Å². The van der Waals surface area contributed by atoms with E-state index in [9.17, 15) is 4.39 Å². The van der Waals surface area contributed by atoms with E-state index in [1.165, 1.54) is 6.07 Å². The minimum Gasteiger partial charge on any atom is -0.379 e. The van der Waals surface area contributed by atoms with Gasteiger partial charge in [-0.3, -0.25) is 4.90 Å². The van der Waals surface area contributed by atoms with Crippen LogP contribution in [0.25, 0.3) is 0 Å². The van der Waals surface area contributed by atoms with Crippen molar-refractivity contribution in [2.45, 2.75) is 12.4 Å². The Hall–Kier alpha value is -0.640. The predicted molar refractivity (Wildman–Crippen MR) is 62.1 cm³/mol. The minimum atomic E-state index is -0.222. The number of nitrogens with zero attached hydrogens (tertiary/aromatic N) is 1. The van der Waals surface area contributed by atoms with E-state index in [1.807, 2.05) is 12.1 Å². The summed E-state index contributed by atoms with van der Waals surface area (Å²) < 4.78 is 18.5. The molecule has 1 saturated heterocycles. The molecule has 1 aromatic carbocycles. The van der Waals surface area contributed by atoms with Gasteiger partial charge in [-0.05, 0) is 11.6 Å². The third-order valence-corrected chi connectivity index (χ3v) is 3.05. The monoisotopic (exact) mass is 243 g/mol. The molecule has 1 fully saturated rings. The van der Waals surface area contributed by atoms with Crippen LogP contribution in [0.1, 0.15) is 11.1 Å². The normalized spacial score (nSPS) is 17.6. The van der Waals surface area contributed by atoms with Gasteiger partial charge in [0.25, 0.3) is 0 Å². The fourth-order valence-corrected chi connectivity index (χ4v) is 2.05. The topological polar surface area (TPSA) is 12.5 Å². The highest BCUT2D eigenvalue weighted by molar-refractivity contribution is 6.17. The molecule has 0 aromatic heterocycles. The Morgan fingerprint density at radius 1 is 1.31 bits per heavy atom. The quantitative estimate of drug-likeness (QED) is 0.756. The van der Waals surface area contributed by atoms with Crippen LogP contribution in [0.4, 0.5) is 4.39 Å².